The van der Waals surface area contributed by atoms with Gasteiger partial charge in [-0.2, -0.15) is 0 Å². The van der Waals surface area contributed by atoms with Crippen molar-refractivity contribution in [2.45, 2.75) is 51.7 Å². The van der Waals surface area contributed by atoms with Gasteiger partial charge in [-0.1, -0.05) is 68.4 Å². The number of fused-ring (bicyclic) bond motifs is 1. The Kier molecular flexibility index (Phi) is 8.11. The van der Waals surface area contributed by atoms with Crippen LogP contribution < -0.4 is 5.32 Å². The van der Waals surface area contributed by atoms with Gasteiger partial charge in [0.2, 0.25) is 17.7 Å². The molecule has 2 N–H and O–H groups in total. The van der Waals surface area contributed by atoms with E-state index in [1.165, 1.54) is 0 Å². The summed E-state index contributed by atoms with van der Waals surface area (Å²) in [6.07, 6.45) is 0.964. The fourth-order valence-electron chi connectivity index (χ4n) is 5.10. The fraction of sp³-hybridized carbons (Fsp3) is 0.367. The van der Waals surface area contributed by atoms with Crippen molar-refractivity contribution >= 4 is 28.5 Å². The summed E-state index contributed by atoms with van der Waals surface area (Å²) in [5.41, 5.74) is 1.70. The van der Waals surface area contributed by atoms with Gasteiger partial charge >= 0.3 is 0 Å². The van der Waals surface area contributed by atoms with Crippen LogP contribution in [0.15, 0.2) is 66.7 Å². The monoisotopic (exact) mass is 501 g/mol. The highest BCUT2D eigenvalue weighted by molar-refractivity contribution is 5.94. The second kappa shape index (κ2) is 11.5. The van der Waals surface area contributed by atoms with Gasteiger partial charge < -0.3 is 20.2 Å². The minimum absolute atomic E-state index is 0.114. The third-order valence-electron chi connectivity index (χ3n) is 6.96. The number of hydrogen-bond acceptors (Lipinski definition) is 4. The standard InChI is InChI=1S/C30H35N3O4/c1-20(2)15-27-30(37)32(14-13-28(35)33(27)19-22-7-6-10-25(34)17-22)26(29(36)31-3)18-21-11-12-23-8-4-5-9-24(23)16-21/h4-12,16-17,20,26-27,34H,13-15,18-19H2,1-3H3,(H,31,36)/t26-,27-/m0/s1. The number of benzene rings is 3. The fourth-order valence-corrected chi connectivity index (χ4v) is 5.10. The summed E-state index contributed by atoms with van der Waals surface area (Å²) >= 11 is 0. The van der Waals surface area contributed by atoms with E-state index in [1.807, 2.05) is 56.3 Å². The van der Waals surface area contributed by atoms with Gasteiger partial charge in [-0.15, -0.1) is 0 Å². The van der Waals surface area contributed by atoms with Crippen LogP contribution in [-0.4, -0.2) is 58.3 Å². The van der Waals surface area contributed by atoms with Crippen LogP contribution in [0, 0.1) is 5.92 Å². The molecule has 4 rings (SSSR count). The van der Waals surface area contributed by atoms with Gasteiger partial charge in [0.05, 0.1) is 0 Å². The summed E-state index contributed by atoms with van der Waals surface area (Å²) in [4.78, 5) is 43.7. The molecule has 1 fully saturated rings. The van der Waals surface area contributed by atoms with Crippen molar-refractivity contribution in [3.8, 4) is 5.75 Å². The highest BCUT2D eigenvalue weighted by Crippen LogP contribution is 2.26. The molecule has 1 aliphatic rings. The number of likely N-dealkylation sites (N-methyl/N-ethyl adjacent to an activating group) is 1. The molecule has 3 amide bonds. The normalized spacial score (nSPS) is 17.2. The Bertz CT molecular complexity index is 1290. The molecule has 194 valence electrons. The number of amides is 3. The van der Waals surface area contributed by atoms with Gasteiger partial charge in [-0.05, 0) is 46.4 Å². The third kappa shape index (κ3) is 6.10. The van der Waals surface area contributed by atoms with E-state index in [0.717, 1.165) is 21.9 Å². The number of carbonyl (C=O) groups excluding carboxylic acids is 3. The van der Waals surface area contributed by atoms with Crippen LogP contribution in [0.5, 0.6) is 5.75 Å². The van der Waals surface area contributed by atoms with Gasteiger partial charge in [0, 0.05) is 33.0 Å². The molecule has 1 saturated heterocycles. The molecule has 0 aromatic heterocycles. The minimum Gasteiger partial charge on any atom is -0.508 e. The summed E-state index contributed by atoms with van der Waals surface area (Å²) in [5.74, 6) is -0.325. The van der Waals surface area contributed by atoms with Gasteiger partial charge in [0.1, 0.15) is 17.8 Å². The molecule has 3 aromatic rings. The van der Waals surface area contributed by atoms with Crippen LogP contribution in [0.1, 0.15) is 37.8 Å². The summed E-state index contributed by atoms with van der Waals surface area (Å²) in [6.45, 7) is 4.43. The minimum atomic E-state index is -0.734. The van der Waals surface area contributed by atoms with Crippen molar-refractivity contribution in [1.29, 1.82) is 0 Å². The average molecular weight is 502 g/mol. The van der Waals surface area contributed by atoms with Crippen molar-refractivity contribution < 1.29 is 19.5 Å². The molecule has 1 aliphatic heterocycles. The van der Waals surface area contributed by atoms with Crippen LogP contribution in [-0.2, 0) is 27.3 Å². The molecule has 37 heavy (non-hydrogen) atoms. The maximum Gasteiger partial charge on any atom is 0.246 e. The molecule has 0 spiro atoms. The molecule has 0 saturated carbocycles. The van der Waals surface area contributed by atoms with Crippen molar-refractivity contribution in [1.82, 2.24) is 15.1 Å². The zero-order valence-electron chi connectivity index (χ0n) is 21.7. The van der Waals surface area contributed by atoms with Crippen LogP contribution in [0.2, 0.25) is 0 Å². The van der Waals surface area contributed by atoms with E-state index in [1.54, 1.807) is 35.0 Å². The van der Waals surface area contributed by atoms with Gasteiger partial charge in [0.15, 0.2) is 0 Å². The highest BCUT2D eigenvalue weighted by atomic mass is 16.3. The number of rotatable bonds is 8. The number of nitrogens with zero attached hydrogens (tertiary/aromatic N) is 2. The maximum absolute atomic E-state index is 14.1. The first-order valence-corrected chi connectivity index (χ1v) is 12.8. The predicted octanol–water partition coefficient (Wildman–Crippen LogP) is 3.88. The second-order valence-corrected chi connectivity index (χ2v) is 10.1. The summed E-state index contributed by atoms with van der Waals surface area (Å²) in [5, 5.41) is 14.8. The Morgan fingerprint density at radius 1 is 1.00 bits per heavy atom. The number of phenolic OH excluding ortho intramolecular Hbond substituents is 1. The quantitative estimate of drug-likeness (QED) is 0.490. The van der Waals surface area contributed by atoms with E-state index in [0.29, 0.717) is 12.8 Å². The molecule has 0 radical (unpaired) electrons. The second-order valence-electron chi connectivity index (χ2n) is 10.1. The lowest BCUT2D eigenvalue weighted by atomic mass is 9.97. The van der Waals surface area contributed by atoms with Gasteiger partial charge in [0.25, 0.3) is 0 Å². The maximum atomic E-state index is 14.1. The molecule has 7 heteroatoms. The largest absolute Gasteiger partial charge is 0.508 e. The number of hydrogen-bond donors (Lipinski definition) is 2. The van der Waals surface area contributed by atoms with Crippen LogP contribution in [0.3, 0.4) is 0 Å². The number of nitrogens with one attached hydrogen (secondary N) is 1. The van der Waals surface area contributed by atoms with E-state index in [-0.39, 0.29) is 48.9 Å². The van der Waals surface area contributed by atoms with Crippen molar-refractivity contribution in [2.75, 3.05) is 13.6 Å². The molecule has 3 aromatic carbocycles. The third-order valence-corrected chi connectivity index (χ3v) is 6.96. The van der Waals surface area contributed by atoms with Gasteiger partial charge in [-0.25, -0.2) is 0 Å². The van der Waals surface area contributed by atoms with E-state index >= 15 is 0 Å². The molecular formula is C30H35N3O4. The van der Waals surface area contributed by atoms with E-state index < -0.39 is 12.1 Å². The van der Waals surface area contributed by atoms with E-state index in [9.17, 15) is 19.5 Å². The Labute approximate surface area is 218 Å². The van der Waals surface area contributed by atoms with Crippen molar-refractivity contribution in [3.05, 3.63) is 77.9 Å². The van der Waals surface area contributed by atoms with E-state index in [4.69, 9.17) is 0 Å². The molecule has 0 bridgehead atoms. The highest BCUT2D eigenvalue weighted by Gasteiger charge is 2.41. The Morgan fingerprint density at radius 3 is 2.46 bits per heavy atom. The number of carbonyl (C=O) groups is 3. The summed E-state index contributed by atoms with van der Waals surface area (Å²) in [7, 11) is 1.57. The van der Waals surface area contributed by atoms with Crippen molar-refractivity contribution in [2.24, 2.45) is 5.92 Å². The van der Waals surface area contributed by atoms with Crippen LogP contribution in [0.4, 0.5) is 0 Å². The Hall–Kier alpha value is -3.87. The lowest BCUT2D eigenvalue weighted by Gasteiger charge is -2.35. The molecule has 0 unspecified atom stereocenters. The first-order chi connectivity index (χ1) is 17.8. The topological polar surface area (TPSA) is 90.0 Å². The zero-order chi connectivity index (χ0) is 26.5. The lowest BCUT2D eigenvalue weighted by molar-refractivity contribution is -0.146. The molecule has 7 nitrogen and oxygen atoms in total. The lowest BCUT2D eigenvalue weighted by Crippen LogP contribution is -2.54. The molecule has 2 atom stereocenters. The predicted molar refractivity (Wildman–Crippen MR) is 144 cm³/mol. The first-order valence-electron chi connectivity index (χ1n) is 12.8. The smallest absolute Gasteiger partial charge is 0.246 e. The summed E-state index contributed by atoms with van der Waals surface area (Å²) in [6, 6.07) is 19.4. The van der Waals surface area contributed by atoms with Crippen LogP contribution in [0.25, 0.3) is 10.8 Å². The van der Waals surface area contributed by atoms with Crippen molar-refractivity contribution in [3.63, 3.8) is 0 Å². The Morgan fingerprint density at radius 2 is 1.76 bits per heavy atom. The average Bonchev–Trinajstić information content (AvgIpc) is 2.98. The summed E-state index contributed by atoms with van der Waals surface area (Å²) < 4.78 is 0. The first kappa shape index (κ1) is 26.2. The molecule has 1 heterocycles. The number of phenols is 1. The van der Waals surface area contributed by atoms with Gasteiger partial charge in [-0.3, -0.25) is 14.4 Å². The molecule has 0 aliphatic carbocycles. The van der Waals surface area contributed by atoms with E-state index in [2.05, 4.69) is 11.4 Å². The molecular weight excluding hydrogens is 466 g/mol. The zero-order valence-corrected chi connectivity index (χ0v) is 21.7. The Balaban J connectivity index is 1.66. The SMILES string of the molecule is CNC(=O)[C@H](Cc1ccc2ccccc2c1)N1CCC(=O)N(Cc2cccc(O)c2)[C@@H](CC(C)C)C1=O. The number of aromatic hydroxyl groups is 1. The van der Waals surface area contributed by atoms with Crippen LogP contribution >= 0.6 is 0 Å².